The molecule has 0 aliphatic heterocycles. The van der Waals surface area contributed by atoms with Crippen molar-refractivity contribution >= 4 is 23.2 Å². The molecule has 0 N–H and O–H groups in total. The van der Waals surface area contributed by atoms with Crippen molar-refractivity contribution < 1.29 is 4.74 Å². The first-order chi connectivity index (χ1) is 10.1. The van der Waals surface area contributed by atoms with Gasteiger partial charge in [-0.05, 0) is 32.4 Å². The van der Waals surface area contributed by atoms with Crippen LogP contribution in [-0.4, -0.2) is 14.8 Å². The molecule has 0 aromatic carbocycles. The Balaban J connectivity index is 2.22. The van der Waals surface area contributed by atoms with Crippen LogP contribution in [0.1, 0.15) is 36.6 Å². The lowest BCUT2D eigenvalue weighted by molar-refractivity contribution is 0.289. The van der Waals surface area contributed by atoms with Gasteiger partial charge in [0, 0.05) is 12.2 Å². The Hall–Kier alpha value is -1.26. The van der Waals surface area contributed by atoms with Crippen LogP contribution in [0.3, 0.4) is 0 Å². The molecule has 114 valence electrons. The highest BCUT2D eigenvalue weighted by atomic mass is 35.5. The number of hydrogen-bond acceptors (Lipinski definition) is 3. The maximum absolute atomic E-state index is 6.37. The molecule has 0 amide bonds. The molecule has 0 saturated heterocycles. The number of nitrogens with zero attached hydrogens (tertiary/aromatic N) is 3. The zero-order chi connectivity index (χ0) is 15.4. The first-order valence-corrected chi connectivity index (χ1v) is 7.91. The number of hydrogen-bond donors (Lipinski definition) is 0. The molecule has 0 aliphatic carbocycles. The summed E-state index contributed by atoms with van der Waals surface area (Å²) in [6.45, 7) is 7.11. The van der Waals surface area contributed by atoms with Gasteiger partial charge >= 0.3 is 0 Å². The summed E-state index contributed by atoms with van der Waals surface area (Å²) in [5, 5.41) is 5.17. The zero-order valence-corrected chi connectivity index (χ0v) is 14.0. The van der Waals surface area contributed by atoms with Gasteiger partial charge in [-0.3, -0.25) is 9.67 Å². The van der Waals surface area contributed by atoms with Crippen LogP contribution >= 0.6 is 23.2 Å². The van der Waals surface area contributed by atoms with Crippen molar-refractivity contribution in [1.82, 2.24) is 14.8 Å². The zero-order valence-electron chi connectivity index (χ0n) is 12.5. The summed E-state index contributed by atoms with van der Waals surface area (Å²) in [5.41, 5.74) is 3.45. The third-order valence-electron chi connectivity index (χ3n) is 3.26. The lowest BCUT2D eigenvalue weighted by Crippen LogP contribution is -2.07. The van der Waals surface area contributed by atoms with E-state index in [2.05, 4.69) is 10.1 Å². The SMILES string of the molecule is CCc1nn(CC)c(COc2ccc(C)nc2CCl)c1Cl. The van der Waals surface area contributed by atoms with Crippen molar-refractivity contribution in [3.63, 3.8) is 0 Å². The minimum absolute atomic E-state index is 0.317. The van der Waals surface area contributed by atoms with E-state index in [1.54, 1.807) is 0 Å². The van der Waals surface area contributed by atoms with Gasteiger partial charge in [0.05, 0.1) is 28.0 Å². The van der Waals surface area contributed by atoms with Crippen LogP contribution < -0.4 is 4.74 Å². The molecular formula is C15H19Cl2N3O. The molecule has 0 aliphatic rings. The second-order valence-electron chi connectivity index (χ2n) is 4.70. The van der Waals surface area contributed by atoms with Crippen LogP contribution in [0.25, 0.3) is 0 Å². The largest absolute Gasteiger partial charge is 0.485 e. The van der Waals surface area contributed by atoms with Gasteiger partial charge in [-0.2, -0.15) is 5.10 Å². The topological polar surface area (TPSA) is 39.9 Å². The summed E-state index contributed by atoms with van der Waals surface area (Å²) in [4.78, 5) is 4.38. The average Bonchev–Trinajstić information content (AvgIpc) is 2.81. The molecule has 2 heterocycles. The van der Waals surface area contributed by atoms with Crippen molar-refractivity contribution in [2.45, 2.75) is 46.2 Å². The summed E-state index contributed by atoms with van der Waals surface area (Å²) in [6, 6.07) is 3.79. The molecule has 2 aromatic heterocycles. The van der Waals surface area contributed by atoms with Crippen LogP contribution in [0.5, 0.6) is 5.75 Å². The number of aryl methyl sites for hydroxylation is 3. The van der Waals surface area contributed by atoms with E-state index < -0.39 is 0 Å². The van der Waals surface area contributed by atoms with Gasteiger partial charge in [-0.15, -0.1) is 11.6 Å². The number of rotatable bonds is 6. The van der Waals surface area contributed by atoms with Crippen LogP contribution in [0.15, 0.2) is 12.1 Å². The Morgan fingerprint density at radius 2 is 2.00 bits per heavy atom. The van der Waals surface area contributed by atoms with Gasteiger partial charge in [-0.25, -0.2) is 0 Å². The van der Waals surface area contributed by atoms with Gasteiger partial charge < -0.3 is 4.74 Å². The summed E-state index contributed by atoms with van der Waals surface area (Å²) in [6.07, 6.45) is 0.803. The van der Waals surface area contributed by atoms with Gasteiger partial charge in [-0.1, -0.05) is 18.5 Å². The molecule has 6 heteroatoms. The fourth-order valence-corrected chi connectivity index (χ4v) is 2.64. The first-order valence-electron chi connectivity index (χ1n) is 7.00. The number of pyridine rings is 1. The molecule has 0 bridgehead atoms. The quantitative estimate of drug-likeness (QED) is 0.748. The Bertz CT molecular complexity index is 626. The highest BCUT2D eigenvalue weighted by molar-refractivity contribution is 6.31. The van der Waals surface area contributed by atoms with E-state index in [9.17, 15) is 0 Å². The molecule has 0 spiro atoms. The smallest absolute Gasteiger partial charge is 0.142 e. The third-order valence-corrected chi connectivity index (χ3v) is 3.95. The average molecular weight is 328 g/mol. The van der Waals surface area contributed by atoms with E-state index in [1.807, 2.05) is 37.6 Å². The minimum Gasteiger partial charge on any atom is -0.485 e. The Morgan fingerprint density at radius 1 is 1.24 bits per heavy atom. The molecule has 0 atom stereocenters. The van der Waals surface area contributed by atoms with Gasteiger partial charge in [0.25, 0.3) is 0 Å². The fourth-order valence-electron chi connectivity index (χ4n) is 2.13. The van der Waals surface area contributed by atoms with E-state index in [0.29, 0.717) is 23.3 Å². The molecule has 0 saturated carbocycles. The first kappa shape index (κ1) is 16.1. The molecule has 21 heavy (non-hydrogen) atoms. The van der Waals surface area contributed by atoms with E-state index in [1.165, 1.54) is 0 Å². The van der Waals surface area contributed by atoms with Crippen molar-refractivity contribution in [2.24, 2.45) is 0 Å². The van der Waals surface area contributed by atoms with E-state index in [-0.39, 0.29) is 0 Å². The van der Waals surface area contributed by atoms with E-state index in [4.69, 9.17) is 27.9 Å². The molecule has 0 fully saturated rings. The molecule has 0 radical (unpaired) electrons. The van der Waals surface area contributed by atoms with Gasteiger partial charge in [0.2, 0.25) is 0 Å². The number of halogens is 2. The fraction of sp³-hybridized carbons (Fsp3) is 0.467. The lowest BCUT2D eigenvalue weighted by atomic mass is 10.3. The molecule has 2 rings (SSSR count). The molecule has 4 nitrogen and oxygen atoms in total. The Labute approximate surface area is 135 Å². The van der Waals surface area contributed by atoms with Crippen LogP contribution in [0.4, 0.5) is 0 Å². The van der Waals surface area contributed by atoms with Crippen molar-refractivity contribution in [3.05, 3.63) is 39.9 Å². The van der Waals surface area contributed by atoms with Crippen molar-refractivity contribution in [3.8, 4) is 5.75 Å². The number of aromatic nitrogens is 3. The van der Waals surface area contributed by atoms with Crippen LogP contribution in [0.2, 0.25) is 5.02 Å². The second kappa shape index (κ2) is 7.14. The number of ether oxygens (including phenoxy) is 1. The minimum atomic E-state index is 0.317. The lowest BCUT2D eigenvalue weighted by Gasteiger charge is -2.11. The second-order valence-corrected chi connectivity index (χ2v) is 5.34. The highest BCUT2D eigenvalue weighted by Gasteiger charge is 2.15. The third kappa shape index (κ3) is 3.50. The maximum atomic E-state index is 6.37. The standard InChI is InChI=1S/C15H19Cl2N3O/c1-4-11-15(17)13(20(5-2)19-11)9-21-14-7-6-10(3)18-12(14)8-16/h6-7H,4-5,8-9H2,1-3H3. The molecule has 2 aromatic rings. The molecule has 0 unspecified atom stereocenters. The van der Waals surface area contributed by atoms with Gasteiger partial charge in [0.1, 0.15) is 12.4 Å². The molecular weight excluding hydrogens is 309 g/mol. The van der Waals surface area contributed by atoms with E-state index >= 15 is 0 Å². The predicted molar refractivity (Wildman–Crippen MR) is 85.2 cm³/mol. The van der Waals surface area contributed by atoms with Crippen LogP contribution in [0, 0.1) is 6.92 Å². The summed E-state index contributed by atoms with van der Waals surface area (Å²) in [7, 11) is 0. The van der Waals surface area contributed by atoms with E-state index in [0.717, 1.165) is 35.7 Å². The summed E-state index contributed by atoms with van der Waals surface area (Å²) < 4.78 is 7.74. The Kier molecular flexibility index (Phi) is 5.48. The van der Waals surface area contributed by atoms with Gasteiger partial charge in [0.15, 0.2) is 0 Å². The van der Waals surface area contributed by atoms with Crippen molar-refractivity contribution in [2.75, 3.05) is 0 Å². The number of alkyl halides is 1. The highest BCUT2D eigenvalue weighted by Crippen LogP contribution is 2.25. The van der Waals surface area contributed by atoms with Crippen LogP contribution in [-0.2, 0) is 25.5 Å². The normalized spacial score (nSPS) is 10.9. The van der Waals surface area contributed by atoms with Crippen molar-refractivity contribution in [1.29, 1.82) is 0 Å². The monoisotopic (exact) mass is 327 g/mol. The maximum Gasteiger partial charge on any atom is 0.142 e. The summed E-state index contributed by atoms with van der Waals surface area (Å²) >= 11 is 12.3. The predicted octanol–water partition coefficient (Wildman–Crippen LogP) is 4.14. The Morgan fingerprint density at radius 3 is 2.62 bits per heavy atom. The summed E-state index contributed by atoms with van der Waals surface area (Å²) in [5.74, 6) is 1.01.